The molecule has 5 nitrogen and oxygen atoms in total. The number of anilines is 1. The van der Waals surface area contributed by atoms with E-state index in [9.17, 15) is 4.79 Å². The van der Waals surface area contributed by atoms with Crippen LogP contribution in [-0.2, 0) is 6.54 Å². The highest BCUT2D eigenvalue weighted by atomic mass is 16.1. The molecule has 2 heterocycles. The van der Waals surface area contributed by atoms with Crippen molar-refractivity contribution in [2.45, 2.75) is 33.2 Å². The summed E-state index contributed by atoms with van der Waals surface area (Å²) in [6.07, 6.45) is 5.56. The smallest absolute Gasteiger partial charge is 0.270 e. The van der Waals surface area contributed by atoms with Crippen LogP contribution in [0.2, 0.25) is 0 Å². The summed E-state index contributed by atoms with van der Waals surface area (Å²) in [4.78, 5) is 23.0. The summed E-state index contributed by atoms with van der Waals surface area (Å²) in [5, 5.41) is 2.86. The van der Waals surface area contributed by atoms with Crippen LogP contribution >= 0.6 is 0 Å². The number of nitrogens with one attached hydrogen (secondary N) is 1. The summed E-state index contributed by atoms with van der Waals surface area (Å²) < 4.78 is 0. The third-order valence-corrected chi connectivity index (χ3v) is 3.48. The van der Waals surface area contributed by atoms with Crippen LogP contribution in [0.5, 0.6) is 0 Å². The fourth-order valence-electron chi connectivity index (χ4n) is 2.41. The van der Waals surface area contributed by atoms with E-state index >= 15 is 0 Å². The first kappa shape index (κ1) is 16.9. The lowest BCUT2D eigenvalue weighted by atomic mass is 10.2. The molecule has 0 aromatic carbocycles. The number of hydrogen-bond acceptors (Lipinski definition) is 4. The zero-order chi connectivity index (χ0) is 16.5. The molecule has 0 aliphatic carbocycles. The first-order chi connectivity index (χ1) is 11.2. The van der Waals surface area contributed by atoms with Crippen molar-refractivity contribution in [2.75, 3.05) is 18.0 Å². The Labute approximate surface area is 137 Å². The lowest BCUT2D eigenvalue weighted by Crippen LogP contribution is -2.27. The van der Waals surface area contributed by atoms with Gasteiger partial charge in [-0.1, -0.05) is 19.9 Å². The van der Waals surface area contributed by atoms with Crippen LogP contribution in [0.15, 0.2) is 42.7 Å². The number of carbonyl (C=O) groups excluding carboxylic acids is 1. The molecule has 122 valence electrons. The Bertz CT molecular complexity index is 609. The van der Waals surface area contributed by atoms with Gasteiger partial charge in [0, 0.05) is 31.2 Å². The number of pyridine rings is 2. The van der Waals surface area contributed by atoms with Gasteiger partial charge in [-0.2, -0.15) is 0 Å². The van der Waals surface area contributed by atoms with E-state index in [-0.39, 0.29) is 5.91 Å². The zero-order valence-corrected chi connectivity index (χ0v) is 13.8. The third-order valence-electron chi connectivity index (χ3n) is 3.48. The summed E-state index contributed by atoms with van der Waals surface area (Å²) in [6, 6.07) is 9.46. The zero-order valence-electron chi connectivity index (χ0n) is 13.8. The van der Waals surface area contributed by atoms with Crippen LogP contribution in [0.25, 0.3) is 0 Å². The minimum Gasteiger partial charge on any atom is -0.371 e. The van der Waals surface area contributed by atoms with Gasteiger partial charge in [0.1, 0.15) is 5.69 Å². The van der Waals surface area contributed by atoms with E-state index in [1.165, 1.54) is 0 Å². The van der Waals surface area contributed by atoms with E-state index in [0.29, 0.717) is 12.2 Å². The second-order valence-electron chi connectivity index (χ2n) is 5.39. The molecule has 2 rings (SSSR count). The van der Waals surface area contributed by atoms with E-state index in [4.69, 9.17) is 0 Å². The minimum atomic E-state index is -0.176. The van der Waals surface area contributed by atoms with Gasteiger partial charge in [-0.05, 0) is 37.1 Å². The van der Waals surface area contributed by atoms with Gasteiger partial charge in [0.25, 0.3) is 5.91 Å². The quantitative estimate of drug-likeness (QED) is 0.814. The van der Waals surface area contributed by atoms with Crippen molar-refractivity contribution in [1.29, 1.82) is 0 Å². The maximum absolute atomic E-state index is 12.3. The van der Waals surface area contributed by atoms with Crippen LogP contribution in [0.1, 0.15) is 42.9 Å². The number of carbonyl (C=O) groups is 1. The number of aromatic nitrogens is 2. The number of nitrogens with zero attached hydrogens (tertiary/aromatic N) is 3. The summed E-state index contributed by atoms with van der Waals surface area (Å²) in [7, 11) is 0. The number of rotatable bonds is 8. The van der Waals surface area contributed by atoms with Gasteiger partial charge in [-0.3, -0.25) is 14.8 Å². The van der Waals surface area contributed by atoms with Crippen molar-refractivity contribution in [3.05, 3.63) is 54.1 Å². The normalized spacial score (nSPS) is 10.3. The molecule has 0 radical (unpaired) electrons. The molecule has 0 aliphatic heterocycles. The second-order valence-corrected chi connectivity index (χ2v) is 5.39. The van der Waals surface area contributed by atoms with Crippen molar-refractivity contribution >= 4 is 11.6 Å². The first-order valence-corrected chi connectivity index (χ1v) is 8.13. The van der Waals surface area contributed by atoms with Crippen LogP contribution < -0.4 is 10.2 Å². The molecule has 0 saturated heterocycles. The number of hydrogen-bond donors (Lipinski definition) is 1. The SMILES string of the molecule is CCCN(CCC)c1ccnc(C(=O)NCc2ccccn2)c1. The molecule has 0 bridgehead atoms. The molecule has 2 aromatic heterocycles. The van der Waals surface area contributed by atoms with E-state index in [0.717, 1.165) is 37.3 Å². The topological polar surface area (TPSA) is 58.1 Å². The molecule has 0 saturated carbocycles. The largest absolute Gasteiger partial charge is 0.371 e. The summed E-state index contributed by atoms with van der Waals surface area (Å²) in [5.74, 6) is -0.176. The molecule has 0 aliphatic rings. The molecule has 0 unspecified atom stereocenters. The van der Waals surface area contributed by atoms with Gasteiger partial charge in [0.2, 0.25) is 0 Å². The highest BCUT2D eigenvalue weighted by molar-refractivity contribution is 5.93. The average molecular weight is 312 g/mol. The van der Waals surface area contributed by atoms with E-state index in [2.05, 4.69) is 34.0 Å². The standard InChI is InChI=1S/C18H24N4O/c1-3-11-22(12-4-2)16-8-10-20-17(13-16)18(23)21-14-15-7-5-6-9-19-15/h5-10,13H,3-4,11-12,14H2,1-2H3,(H,21,23). The summed E-state index contributed by atoms with van der Waals surface area (Å²) >= 11 is 0. The Hall–Kier alpha value is -2.43. The maximum atomic E-state index is 12.3. The first-order valence-electron chi connectivity index (χ1n) is 8.13. The van der Waals surface area contributed by atoms with E-state index in [1.807, 2.05) is 30.3 Å². The Kier molecular flexibility index (Phi) is 6.54. The van der Waals surface area contributed by atoms with Crippen molar-refractivity contribution in [3.8, 4) is 0 Å². The Morgan fingerprint density at radius 2 is 1.87 bits per heavy atom. The second kappa shape index (κ2) is 8.88. The van der Waals surface area contributed by atoms with Gasteiger partial charge >= 0.3 is 0 Å². The fourth-order valence-corrected chi connectivity index (χ4v) is 2.41. The highest BCUT2D eigenvalue weighted by Crippen LogP contribution is 2.15. The van der Waals surface area contributed by atoms with Crippen LogP contribution in [0, 0.1) is 0 Å². The van der Waals surface area contributed by atoms with Gasteiger partial charge in [0.15, 0.2) is 0 Å². The molecule has 2 aromatic rings. The van der Waals surface area contributed by atoms with Crippen LogP contribution in [-0.4, -0.2) is 29.0 Å². The molecule has 0 fully saturated rings. The van der Waals surface area contributed by atoms with Crippen LogP contribution in [0.4, 0.5) is 5.69 Å². The average Bonchev–Trinajstić information content (AvgIpc) is 2.60. The summed E-state index contributed by atoms with van der Waals surface area (Å²) in [5.41, 5.74) is 2.32. The predicted molar refractivity (Wildman–Crippen MR) is 92.4 cm³/mol. The lowest BCUT2D eigenvalue weighted by Gasteiger charge is -2.23. The molecule has 5 heteroatoms. The van der Waals surface area contributed by atoms with Gasteiger partial charge < -0.3 is 10.2 Å². The minimum absolute atomic E-state index is 0.176. The third kappa shape index (κ3) is 5.06. The molecule has 0 spiro atoms. The van der Waals surface area contributed by atoms with Gasteiger partial charge in [0.05, 0.1) is 12.2 Å². The lowest BCUT2D eigenvalue weighted by molar-refractivity contribution is 0.0945. The van der Waals surface area contributed by atoms with Gasteiger partial charge in [-0.25, -0.2) is 0 Å². The number of amides is 1. The Morgan fingerprint density at radius 1 is 1.09 bits per heavy atom. The van der Waals surface area contributed by atoms with Crippen molar-refractivity contribution in [1.82, 2.24) is 15.3 Å². The predicted octanol–water partition coefficient (Wildman–Crippen LogP) is 3.03. The van der Waals surface area contributed by atoms with E-state index < -0.39 is 0 Å². The molecular formula is C18H24N4O. The Morgan fingerprint density at radius 3 is 2.52 bits per heavy atom. The fraction of sp³-hybridized carbons (Fsp3) is 0.389. The molecule has 23 heavy (non-hydrogen) atoms. The molecule has 0 atom stereocenters. The monoisotopic (exact) mass is 312 g/mol. The Balaban J connectivity index is 2.04. The van der Waals surface area contributed by atoms with Crippen molar-refractivity contribution in [2.24, 2.45) is 0 Å². The molecule has 1 amide bonds. The van der Waals surface area contributed by atoms with Crippen molar-refractivity contribution < 1.29 is 4.79 Å². The molecular weight excluding hydrogens is 288 g/mol. The van der Waals surface area contributed by atoms with Crippen molar-refractivity contribution in [3.63, 3.8) is 0 Å². The van der Waals surface area contributed by atoms with Gasteiger partial charge in [-0.15, -0.1) is 0 Å². The highest BCUT2D eigenvalue weighted by Gasteiger charge is 2.11. The molecule has 1 N–H and O–H groups in total. The maximum Gasteiger partial charge on any atom is 0.270 e. The van der Waals surface area contributed by atoms with E-state index in [1.54, 1.807) is 12.4 Å². The van der Waals surface area contributed by atoms with Crippen LogP contribution in [0.3, 0.4) is 0 Å². The summed E-state index contributed by atoms with van der Waals surface area (Å²) in [6.45, 7) is 6.67.